The highest BCUT2D eigenvalue weighted by atomic mass is 19.4. The lowest BCUT2D eigenvalue weighted by atomic mass is 9.84. The molecule has 0 aromatic heterocycles. The fraction of sp³-hybridized carbons (Fsp3) is 0.522. The van der Waals surface area contributed by atoms with Crippen LogP contribution in [0, 0.1) is 23.2 Å². The van der Waals surface area contributed by atoms with E-state index in [1.54, 1.807) is 0 Å². The molecule has 9 heteroatoms. The molecule has 1 amide bonds. The highest BCUT2D eigenvalue weighted by Crippen LogP contribution is 2.77. The molecule has 1 N–H and O–H groups in total. The first kappa shape index (κ1) is 22.6. The minimum Gasteiger partial charge on any atom is -0.347 e. The van der Waals surface area contributed by atoms with E-state index in [0.29, 0.717) is 6.42 Å². The monoisotopic (exact) mass is 457 g/mol. The lowest BCUT2D eigenvalue weighted by Crippen LogP contribution is -2.48. The summed E-state index contributed by atoms with van der Waals surface area (Å²) in [4.78, 5) is 25.6. The van der Waals surface area contributed by atoms with Gasteiger partial charge >= 0.3 is 12.4 Å². The van der Waals surface area contributed by atoms with Gasteiger partial charge in [-0.15, -0.1) is 5.73 Å². The average molecular weight is 457 g/mol. The number of fused-ring (bicyclic) bond motifs is 3. The van der Waals surface area contributed by atoms with Gasteiger partial charge in [-0.25, -0.2) is 0 Å². The van der Waals surface area contributed by atoms with E-state index >= 15 is 0 Å². The number of carbonyl (C=O) groups excluding carboxylic acids is 2. The van der Waals surface area contributed by atoms with Crippen LogP contribution in [0.25, 0.3) is 0 Å². The molecule has 3 nitrogen and oxygen atoms in total. The van der Waals surface area contributed by atoms with Crippen LogP contribution >= 0.6 is 0 Å². The molecule has 172 valence electrons. The van der Waals surface area contributed by atoms with Crippen LogP contribution < -0.4 is 5.32 Å². The lowest BCUT2D eigenvalue weighted by Gasteiger charge is -2.31. The third-order valence-corrected chi connectivity index (χ3v) is 6.64. The number of allylic oxidation sites excluding steroid dienone is 6. The van der Waals surface area contributed by atoms with Crippen molar-refractivity contribution in [2.75, 3.05) is 0 Å². The Hall–Kier alpha value is -2.54. The van der Waals surface area contributed by atoms with Gasteiger partial charge in [0, 0.05) is 23.1 Å². The van der Waals surface area contributed by atoms with Gasteiger partial charge in [0.25, 0.3) is 0 Å². The molecule has 4 unspecified atom stereocenters. The van der Waals surface area contributed by atoms with Crippen LogP contribution in [0.3, 0.4) is 0 Å². The Kier molecular flexibility index (Phi) is 4.94. The van der Waals surface area contributed by atoms with E-state index in [-0.39, 0.29) is 23.8 Å². The van der Waals surface area contributed by atoms with Gasteiger partial charge in [0.1, 0.15) is 5.57 Å². The number of halogens is 6. The van der Waals surface area contributed by atoms with Crippen molar-refractivity contribution in [3.8, 4) is 0 Å². The molecule has 0 aromatic carbocycles. The summed E-state index contributed by atoms with van der Waals surface area (Å²) < 4.78 is 81.5. The third-order valence-electron chi connectivity index (χ3n) is 6.64. The SMILES string of the molecule is CC(C)(CC(=O)C1=CC=CC=C=C1C(F)(F)F)NC(=O)C1=CC2CC2C2CC12C(F)(F)F. The van der Waals surface area contributed by atoms with Gasteiger partial charge < -0.3 is 5.32 Å². The van der Waals surface area contributed by atoms with E-state index in [0.717, 1.165) is 12.2 Å². The van der Waals surface area contributed by atoms with Gasteiger partial charge in [-0.1, -0.05) is 24.3 Å². The second-order valence-corrected chi connectivity index (χ2v) is 9.51. The van der Waals surface area contributed by atoms with Crippen LogP contribution in [0.2, 0.25) is 0 Å². The Morgan fingerprint density at radius 3 is 2.47 bits per heavy atom. The Morgan fingerprint density at radius 2 is 1.84 bits per heavy atom. The molecule has 2 saturated carbocycles. The maximum Gasteiger partial charge on any atom is 0.424 e. The van der Waals surface area contributed by atoms with E-state index < -0.39 is 58.5 Å². The molecular weight excluding hydrogens is 436 g/mol. The summed E-state index contributed by atoms with van der Waals surface area (Å²) in [6.07, 6.45) is -3.39. The number of ketones is 1. The second kappa shape index (κ2) is 6.98. The van der Waals surface area contributed by atoms with Crippen LogP contribution in [0.15, 0.2) is 52.8 Å². The zero-order valence-corrected chi connectivity index (χ0v) is 17.3. The zero-order valence-electron chi connectivity index (χ0n) is 17.3. The molecule has 2 fully saturated rings. The summed E-state index contributed by atoms with van der Waals surface area (Å²) in [6, 6.07) is 0. The summed E-state index contributed by atoms with van der Waals surface area (Å²) in [6.45, 7) is 2.80. The van der Waals surface area contributed by atoms with Gasteiger partial charge in [-0.05, 0) is 50.5 Å². The van der Waals surface area contributed by atoms with Crippen molar-refractivity contribution >= 4 is 11.7 Å². The predicted molar refractivity (Wildman–Crippen MR) is 103 cm³/mol. The van der Waals surface area contributed by atoms with E-state index in [4.69, 9.17) is 0 Å². The van der Waals surface area contributed by atoms with Crippen LogP contribution in [0.5, 0.6) is 0 Å². The molecule has 4 rings (SSSR count). The van der Waals surface area contributed by atoms with Crippen molar-refractivity contribution in [2.24, 2.45) is 23.2 Å². The number of hydrogen-bond donors (Lipinski definition) is 1. The molecule has 0 bridgehead atoms. The van der Waals surface area contributed by atoms with E-state index in [1.807, 2.05) is 5.73 Å². The number of alkyl halides is 6. The van der Waals surface area contributed by atoms with Crippen molar-refractivity contribution in [3.63, 3.8) is 0 Å². The summed E-state index contributed by atoms with van der Waals surface area (Å²) in [5.74, 6) is -2.51. The second-order valence-electron chi connectivity index (χ2n) is 9.51. The third kappa shape index (κ3) is 3.76. The lowest BCUT2D eigenvalue weighted by molar-refractivity contribution is -0.183. The number of rotatable bonds is 5. The first-order chi connectivity index (χ1) is 14.7. The maximum absolute atomic E-state index is 13.8. The first-order valence-corrected chi connectivity index (χ1v) is 10.2. The van der Waals surface area contributed by atoms with Gasteiger partial charge in [-0.2, -0.15) is 26.3 Å². The van der Waals surface area contributed by atoms with Crippen molar-refractivity contribution in [1.29, 1.82) is 0 Å². The smallest absolute Gasteiger partial charge is 0.347 e. The molecule has 4 aliphatic carbocycles. The number of Topliss-reactive ketones (excluding diaryl/α,β-unsaturated/α-hetero) is 1. The first-order valence-electron chi connectivity index (χ1n) is 10.2. The van der Waals surface area contributed by atoms with Crippen molar-refractivity contribution in [3.05, 3.63) is 52.8 Å². The fourth-order valence-electron chi connectivity index (χ4n) is 5.01. The van der Waals surface area contributed by atoms with Crippen LogP contribution in [-0.4, -0.2) is 29.6 Å². The molecule has 32 heavy (non-hydrogen) atoms. The van der Waals surface area contributed by atoms with Crippen molar-refractivity contribution < 1.29 is 35.9 Å². The minimum atomic E-state index is -4.81. The van der Waals surface area contributed by atoms with E-state index in [9.17, 15) is 35.9 Å². The summed E-state index contributed by atoms with van der Waals surface area (Å²) in [7, 11) is 0. The van der Waals surface area contributed by atoms with E-state index in [2.05, 4.69) is 5.32 Å². The molecule has 0 spiro atoms. The van der Waals surface area contributed by atoms with Crippen LogP contribution in [0.1, 0.15) is 33.1 Å². The van der Waals surface area contributed by atoms with E-state index in [1.165, 1.54) is 32.1 Å². The molecule has 0 radical (unpaired) electrons. The standard InChI is InChI=1S/C23H21F6NO2/c1-20(2,11-18(31)13-6-4-3-5-7-15(13)22(24,25)26)30-19(32)16-9-12-8-14(12)17-10-21(16,17)23(27,28)29/h3-6,9,12,14,17H,8,10-11H2,1-2H3,(H,30,32). The van der Waals surface area contributed by atoms with Gasteiger partial charge in [-0.3, -0.25) is 9.59 Å². The van der Waals surface area contributed by atoms with Crippen LogP contribution in [0.4, 0.5) is 26.3 Å². The fourth-order valence-corrected chi connectivity index (χ4v) is 5.01. The number of nitrogens with one attached hydrogen (secondary N) is 1. The Labute approximate surface area is 180 Å². The predicted octanol–water partition coefficient (Wildman–Crippen LogP) is 5.13. The van der Waals surface area contributed by atoms with Crippen molar-refractivity contribution in [1.82, 2.24) is 5.32 Å². The molecule has 4 atom stereocenters. The summed E-state index contributed by atoms with van der Waals surface area (Å²) >= 11 is 0. The number of carbonyl (C=O) groups is 2. The maximum atomic E-state index is 13.8. The van der Waals surface area contributed by atoms with Gasteiger partial charge in [0.05, 0.1) is 5.41 Å². The quantitative estimate of drug-likeness (QED) is 0.460. The average Bonchev–Trinajstić information content (AvgIpc) is 3.51. The topological polar surface area (TPSA) is 46.2 Å². The number of amides is 1. The van der Waals surface area contributed by atoms with Gasteiger partial charge in [0.2, 0.25) is 5.91 Å². The highest BCUT2D eigenvalue weighted by Gasteiger charge is 2.79. The molecular formula is C23H21F6NO2. The normalized spacial score (nSPS) is 30.9. The largest absolute Gasteiger partial charge is 0.424 e. The molecule has 4 aliphatic rings. The molecule has 0 saturated heterocycles. The summed E-state index contributed by atoms with van der Waals surface area (Å²) in [5.41, 5.74) is -3.66. The molecule has 0 aromatic rings. The Balaban J connectivity index is 1.52. The molecule has 0 aliphatic heterocycles. The van der Waals surface area contributed by atoms with Gasteiger partial charge in [0.15, 0.2) is 5.78 Å². The highest BCUT2D eigenvalue weighted by molar-refractivity contribution is 6.02. The Bertz CT molecular complexity index is 1040. The summed E-state index contributed by atoms with van der Waals surface area (Å²) in [5, 5.41) is 2.47. The van der Waals surface area contributed by atoms with Crippen LogP contribution in [-0.2, 0) is 9.59 Å². The number of hydrogen-bond acceptors (Lipinski definition) is 2. The molecule has 0 heterocycles. The minimum absolute atomic E-state index is 0.0429. The Morgan fingerprint density at radius 1 is 1.16 bits per heavy atom. The van der Waals surface area contributed by atoms with Crippen molar-refractivity contribution in [2.45, 2.75) is 51.0 Å². The zero-order chi connectivity index (χ0) is 23.7.